The fourth-order valence-corrected chi connectivity index (χ4v) is 1.78. The molecule has 1 heterocycles. The molecule has 0 aromatic carbocycles. The lowest BCUT2D eigenvalue weighted by atomic mass is 10.9. The zero-order valence-corrected chi connectivity index (χ0v) is 7.58. The minimum Gasteiger partial charge on any atom is -0.271 e. The molecular weight excluding hydrogens is 210 g/mol. The minimum absolute atomic E-state index is 0.366. The maximum Gasteiger partial charge on any atom is 0.247 e. The number of rotatable bonds is 3. The molecule has 8 heteroatoms. The summed E-state index contributed by atoms with van der Waals surface area (Å²) in [5, 5.41) is 3.34. The standard InChI is InChI=1S/C3H4ClN3O2S2/c4-2-11(8,9)6-3-1-5-7-10-3/h1,6H,2H2. The van der Waals surface area contributed by atoms with Crippen molar-refractivity contribution in [2.24, 2.45) is 0 Å². The lowest BCUT2D eigenvalue weighted by Crippen LogP contribution is -2.12. The van der Waals surface area contributed by atoms with Crippen LogP contribution in [0.3, 0.4) is 0 Å². The van der Waals surface area contributed by atoms with Gasteiger partial charge in [-0.2, -0.15) is 0 Å². The smallest absolute Gasteiger partial charge is 0.247 e. The Morgan fingerprint density at radius 2 is 2.45 bits per heavy atom. The predicted molar refractivity (Wildman–Crippen MR) is 43.2 cm³/mol. The molecule has 5 nitrogen and oxygen atoms in total. The van der Waals surface area contributed by atoms with Gasteiger partial charge in [-0.15, -0.1) is 16.7 Å². The van der Waals surface area contributed by atoms with Crippen LogP contribution in [0.1, 0.15) is 0 Å². The van der Waals surface area contributed by atoms with Crippen LogP contribution >= 0.6 is 23.1 Å². The van der Waals surface area contributed by atoms with Gasteiger partial charge in [-0.3, -0.25) is 4.72 Å². The molecule has 1 rings (SSSR count). The Morgan fingerprint density at radius 3 is 2.91 bits per heavy atom. The molecule has 1 N–H and O–H groups in total. The normalized spacial score (nSPS) is 11.4. The summed E-state index contributed by atoms with van der Waals surface area (Å²) in [6.07, 6.45) is 1.31. The maximum atomic E-state index is 10.8. The maximum absolute atomic E-state index is 10.8. The average molecular weight is 214 g/mol. The molecule has 0 bridgehead atoms. The van der Waals surface area contributed by atoms with Gasteiger partial charge in [0.2, 0.25) is 10.0 Å². The second kappa shape index (κ2) is 3.33. The van der Waals surface area contributed by atoms with Gasteiger partial charge in [-0.05, 0) is 0 Å². The van der Waals surface area contributed by atoms with Crippen molar-refractivity contribution in [1.82, 2.24) is 9.59 Å². The zero-order chi connectivity index (χ0) is 8.32. The third kappa shape index (κ3) is 2.60. The molecule has 0 amide bonds. The molecule has 0 atom stereocenters. The summed E-state index contributed by atoms with van der Waals surface area (Å²) in [5.41, 5.74) is 0. The predicted octanol–water partition coefficient (Wildman–Crippen LogP) is 0.476. The van der Waals surface area contributed by atoms with Crippen molar-refractivity contribution in [3.05, 3.63) is 6.20 Å². The molecule has 0 unspecified atom stereocenters. The zero-order valence-electron chi connectivity index (χ0n) is 5.19. The second-order valence-corrected chi connectivity index (χ2v) is 4.70. The summed E-state index contributed by atoms with van der Waals surface area (Å²) in [7, 11) is -3.40. The Kier molecular flexibility index (Phi) is 2.63. The molecule has 0 saturated heterocycles. The van der Waals surface area contributed by atoms with Crippen LogP contribution < -0.4 is 4.72 Å². The highest BCUT2D eigenvalue weighted by atomic mass is 35.5. The van der Waals surface area contributed by atoms with E-state index in [2.05, 4.69) is 14.3 Å². The van der Waals surface area contributed by atoms with Crippen molar-refractivity contribution >= 4 is 38.2 Å². The van der Waals surface area contributed by atoms with E-state index in [0.29, 0.717) is 5.00 Å². The van der Waals surface area contributed by atoms with E-state index in [1.165, 1.54) is 6.20 Å². The molecule has 0 aliphatic heterocycles. The summed E-state index contributed by atoms with van der Waals surface area (Å²) in [5.74, 6) is 0. The van der Waals surface area contributed by atoms with E-state index >= 15 is 0 Å². The SMILES string of the molecule is O=S(=O)(CCl)Nc1cnns1. The number of anilines is 1. The fraction of sp³-hybridized carbons (Fsp3) is 0.333. The molecule has 0 aliphatic rings. The highest BCUT2D eigenvalue weighted by molar-refractivity contribution is 7.94. The molecular formula is C3H4ClN3O2S2. The summed E-state index contributed by atoms with van der Waals surface area (Å²) in [4.78, 5) is 0. The van der Waals surface area contributed by atoms with E-state index in [-0.39, 0.29) is 0 Å². The van der Waals surface area contributed by atoms with Crippen LogP contribution in [0.5, 0.6) is 0 Å². The van der Waals surface area contributed by atoms with Gasteiger partial charge in [-0.25, -0.2) is 8.42 Å². The van der Waals surface area contributed by atoms with Crippen LogP contribution in [0.15, 0.2) is 6.20 Å². The van der Waals surface area contributed by atoms with Gasteiger partial charge in [0.1, 0.15) is 10.2 Å². The van der Waals surface area contributed by atoms with Crippen LogP contribution in [0.25, 0.3) is 0 Å². The summed E-state index contributed by atoms with van der Waals surface area (Å²) < 4.78 is 27.2. The van der Waals surface area contributed by atoms with E-state index < -0.39 is 15.2 Å². The van der Waals surface area contributed by atoms with Gasteiger partial charge >= 0.3 is 0 Å². The van der Waals surface area contributed by atoms with Crippen LogP contribution in [0.2, 0.25) is 0 Å². The van der Waals surface area contributed by atoms with Crippen molar-refractivity contribution in [3.8, 4) is 0 Å². The van der Waals surface area contributed by atoms with E-state index in [0.717, 1.165) is 11.5 Å². The first-order chi connectivity index (χ1) is 5.14. The monoisotopic (exact) mass is 213 g/mol. The summed E-state index contributed by atoms with van der Waals surface area (Å²) in [6.45, 7) is 0. The van der Waals surface area contributed by atoms with Crippen molar-refractivity contribution < 1.29 is 8.42 Å². The van der Waals surface area contributed by atoms with Gasteiger partial charge in [-0.1, -0.05) is 4.49 Å². The number of hydrogen-bond donors (Lipinski definition) is 1. The number of hydrogen-bond acceptors (Lipinski definition) is 5. The van der Waals surface area contributed by atoms with Crippen molar-refractivity contribution in [3.63, 3.8) is 0 Å². The number of aromatic nitrogens is 2. The first kappa shape index (κ1) is 8.69. The van der Waals surface area contributed by atoms with E-state index in [4.69, 9.17) is 11.6 Å². The highest BCUT2D eigenvalue weighted by Gasteiger charge is 2.08. The number of alkyl halides is 1. The van der Waals surface area contributed by atoms with Crippen LogP contribution in [0, 0.1) is 0 Å². The molecule has 0 radical (unpaired) electrons. The summed E-state index contributed by atoms with van der Waals surface area (Å²) in [6, 6.07) is 0. The largest absolute Gasteiger partial charge is 0.271 e. The molecule has 0 saturated carbocycles. The van der Waals surface area contributed by atoms with Gasteiger partial charge in [0.25, 0.3) is 0 Å². The Labute approximate surface area is 72.6 Å². The van der Waals surface area contributed by atoms with Gasteiger partial charge in [0.05, 0.1) is 6.20 Å². The number of nitrogens with zero attached hydrogens (tertiary/aromatic N) is 2. The lowest BCUT2D eigenvalue weighted by Gasteiger charge is -1.97. The molecule has 0 fully saturated rings. The van der Waals surface area contributed by atoms with E-state index in [1.54, 1.807) is 0 Å². The highest BCUT2D eigenvalue weighted by Crippen LogP contribution is 2.11. The van der Waals surface area contributed by atoms with Crippen molar-refractivity contribution in [2.75, 3.05) is 9.93 Å². The van der Waals surface area contributed by atoms with Gasteiger partial charge < -0.3 is 0 Å². The Hall–Kier alpha value is -0.400. The first-order valence-electron chi connectivity index (χ1n) is 2.48. The Balaban J connectivity index is 2.72. The molecule has 1 aromatic rings. The third-order valence-electron chi connectivity index (χ3n) is 0.761. The third-order valence-corrected chi connectivity index (χ3v) is 3.15. The molecule has 0 aliphatic carbocycles. The number of nitrogens with one attached hydrogen (secondary N) is 1. The van der Waals surface area contributed by atoms with Crippen molar-refractivity contribution in [1.29, 1.82) is 0 Å². The summed E-state index contributed by atoms with van der Waals surface area (Å²) >= 11 is 6.08. The number of sulfonamides is 1. The van der Waals surface area contributed by atoms with Gasteiger partial charge in [0, 0.05) is 11.5 Å². The van der Waals surface area contributed by atoms with E-state index in [9.17, 15) is 8.42 Å². The van der Waals surface area contributed by atoms with Crippen LogP contribution in [-0.4, -0.2) is 23.2 Å². The average Bonchev–Trinajstić information content (AvgIpc) is 2.39. The van der Waals surface area contributed by atoms with E-state index in [1.807, 2.05) is 0 Å². The molecule has 62 valence electrons. The minimum atomic E-state index is -3.40. The Morgan fingerprint density at radius 1 is 1.73 bits per heavy atom. The van der Waals surface area contributed by atoms with Crippen molar-refractivity contribution in [2.45, 2.75) is 0 Å². The Bertz CT molecular complexity index is 307. The second-order valence-electron chi connectivity index (χ2n) is 1.61. The fourth-order valence-electron chi connectivity index (χ4n) is 0.393. The molecule has 1 aromatic heterocycles. The molecule has 0 spiro atoms. The topological polar surface area (TPSA) is 72.0 Å². The van der Waals surface area contributed by atoms with Crippen LogP contribution in [0.4, 0.5) is 5.00 Å². The first-order valence-corrected chi connectivity index (χ1v) is 5.44. The van der Waals surface area contributed by atoms with Gasteiger partial charge in [0.15, 0.2) is 0 Å². The van der Waals surface area contributed by atoms with Crippen LogP contribution in [-0.2, 0) is 10.0 Å². The quantitative estimate of drug-likeness (QED) is 0.742. The molecule has 11 heavy (non-hydrogen) atoms. The lowest BCUT2D eigenvalue weighted by molar-refractivity contribution is 0.605. The number of halogens is 1.